The number of thioether (sulfide) groups is 1. The molecule has 2 aliphatic heterocycles. The summed E-state index contributed by atoms with van der Waals surface area (Å²) >= 11 is 1.17. The van der Waals surface area contributed by atoms with E-state index in [2.05, 4.69) is 5.32 Å². The van der Waals surface area contributed by atoms with Gasteiger partial charge in [-0.15, -0.1) is 0 Å². The SMILES string of the molecule is O=C1NC(C(=O)N2CCCCC2CCO)CS1. The van der Waals surface area contributed by atoms with Crippen LogP contribution in [-0.4, -0.2) is 52.1 Å². The van der Waals surface area contributed by atoms with Gasteiger partial charge in [0.05, 0.1) is 0 Å². The third-order valence-electron chi connectivity index (χ3n) is 3.34. The van der Waals surface area contributed by atoms with Crippen LogP contribution in [0.3, 0.4) is 0 Å². The molecule has 0 bridgehead atoms. The molecule has 0 aromatic heterocycles. The molecular weight excluding hydrogens is 240 g/mol. The lowest BCUT2D eigenvalue weighted by molar-refractivity contribution is -0.136. The minimum atomic E-state index is -0.369. The van der Waals surface area contributed by atoms with Crippen LogP contribution in [0, 0.1) is 0 Å². The Hall–Kier alpha value is -0.750. The van der Waals surface area contributed by atoms with E-state index in [1.165, 1.54) is 11.8 Å². The van der Waals surface area contributed by atoms with E-state index in [0.29, 0.717) is 12.2 Å². The standard InChI is InChI=1S/C11H18N2O3S/c14-6-4-8-3-1-2-5-13(8)10(15)9-7-17-11(16)12-9/h8-9,14H,1-7H2,(H,12,16). The summed E-state index contributed by atoms with van der Waals surface area (Å²) < 4.78 is 0. The molecule has 2 fully saturated rings. The smallest absolute Gasteiger partial charge is 0.279 e. The molecule has 2 unspecified atom stereocenters. The molecule has 2 atom stereocenters. The van der Waals surface area contributed by atoms with E-state index >= 15 is 0 Å². The Kier molecular flexibility index (Phi) is 4.28. The Bertz CT molecular complexity index is 309. The number of nitrogens with zero attached hydrogens (tertiary/aromatic N) is 1. The molecule has 0 aromatic rings. The van der Waals surface area contributed by atoms with E-state index in [0.717, 1.165) is 25.8 Å². The fourth-order valence-electron chi connectivity index (χ4n) is 2.46. The van der Waals surface area contributed by atoms with E-state index in [4.69, 9.17) is 5.11 Å². The van der Waals surface area contributed by atoms with Gasteiger partial charge in [0.25, 0.3) is 5.24 Å². The first-order valence-corrected chi connectivity index (χ1v) is 7.05. The van der Waals surface area contributed by atoms with Gasteiger partial charge in [0.1, 0.15) is 6.04 Å². The first-order valence-electron chi connectivity index (χ1n) is 6.07. The third-order valence-corrected chi connectivity index (χ3v) is 4.22. The van der Waals surface area contributed by atoms with Crippen LogP contribution < -0.4 is 5.32 Å². The van der Waals surface area contributed by atoms with Gasteiger partial charge in [-0.05, 0) is 25.7 Å². The lowest BCUT2D eigenvalue weighted by atomic mass is 9.99. The van der Waals surface area contributed by atoms with Crippen molar-refractivity contribution in [2.24, 2.45) is 0 Å². The minimum absolute atomic E-state index is 0.0153. The number of nitrogens with one attached hydrogen (secondary N) is 1. The topological polar surface area (TPSA) is 69.6 Å². The summed E-state index contributed by atoms with van der Waals surface area (Å²) in [5, 5.41) is 11.6. The summed E-state index contributed by atoms with van der Waals surface area (Å²) in [5.74, 6) is 0.543. The highest BCUT2D eigenvalue weighted by molar-refractivity contribution is 8.14. The number of piperidine rings is 1. The van der Waals surface area contributed by atoms with Crippen LogP contribution in [0.5, 0.6) is 0 Å². The van der Waals surface area contributed by atoms with Crippen LogP contribution in [0.25, 0.3) is 0 Å². The summed E-state index contributed by atoms with van der Waals surface area (Å²) in [6.07, 6.45) is 3.72. The van der Waals surface area contributed by atoms with E-state index in [1.807, 2.05) is 4.90 Å². The summed E-state index contributed by atoms with van der Waals surface area (Å²) in [6, 6.07) is -0.226. The number of aliphatic hydroxyl groups excluding tert-OH is 1. The van der Waals surface area contributed by atoms with Gasteiger partial charge in [-0.25, -0.2) is 0 Å². The molecule has 2 saturated heterocycles. The Morgan fingerprint density at radius 2 is 2.35 bits per heavy atom. The predicted octanol–water partition coefficient (Wildman–Crippen LogP) is 0.575. The Morgan fingerprint density at radius 3 is 3.00 bits per heavy atom. The van der Waals surface area contributed by atoms with Crippen molar-refractivity contribution in [1.82, 2.24) is 10.2 Å². The van der Waals surface area contributed by atoms with Crippen LogP contribution >= 0.6 is 11.8 Å². The molecule has 96 valence electrons. The lowest BCUT2D eigenvalue weighted by Gasteiger charge is -2.36. The van der Waals surface area contributed by atoms with Gasteiger partial charge in [-0.1, -0.05) is 11.8 Å². The monoisotopic (exact) mass is 258 g/mol. The van der Waals surface area contributed by atoms with E-state index in [9.17, 15) is 9.59 Å². The highest BCUT2D eigenvalue weighted by Crippen LogP contribution is 2.23. The Labute approximate surface area is 105 Å². The van der Waals surface area contributed by atoms with Crippen molar-refractivity contribution in [2.75, 3.05) is 18.9 Å². The summed E-state index contributed by atoms with van der Waals surface area (Å²) in [4.78, 5) is 25.2. The summed E-state index contributed by atoms with van der Waals surface area (Å²) in [6.45, 7) is 0.862. The van der Waals surface area contributed by atoms with Gasteiger partial charge in [0.15, 0.2) is 0 Å². The highest BCUT2D eigenvalue weighted by atomic mass is 32.2. The largest absolute Gasteiger partial charge is 0.396 e. The maximum absolute atomic E-state index is 12.2. The van der Waals surface area contributed by atoms with Gasteiger partial charge in [-0.3, -0.25) is 9.59 Å². The average molecular weight is 258 g/mol. The molecule has 2 N–H and O–H groups in total. The Morgan fingerprint density at radius 1 is 1.53 bits per heavy atom. The Balaban J connectivity index is 1.98. The third kappa shape index (κ3) is 2.93. The number of amides is 2. The fraction of sp³-hybridized carbons (Fsp3) is 0.818. The molecule has 5 nitrogen and oxygen atoms in total. The first-order chi connectivity index (χ1) is 8.22. The van der Waals surface area contributed by atoms with Crippen LogP contribution in [0.15, 0.2) is 0 Å². The first kappa shape index (κ1) is 12.7. The zero-order valence-electron chi connectivity index (χ0n) is 9.72. The molecule has 0 aliphatic carbocycles. The molecule has 2 aliphatic rings. The van der Waals surface area contributed by atoms with Crippen LogP contribution in [-0.2, 0) is 4.79 Å². The molecular formula is C11H18N2O3S. The molecule has 2 rings (SSSR count). The van der Waals surface area contributed by atoms with Crippen molar-refractivity contribution in [1.29, 1.82) is 0 Å². The maximum Gasteiger partial charge on any atom is 0.279 e. The van der Waals surface area contributed by atoms with E-state index in [1.54, 1.807) is 0 Å². The van der Waals surface area contributed by atoms with E-state index < -0.39 is 0 Å². The zero-order chi connectivity index (χ0) is 12.3. The zero-order valence-corrected chi connectivity index (χ0v) is 10.5. The van der Waals surface area contributed by atoms with Gasteiger partial charge in [0, 0.05) is 24.9 Å². The summed E-state index contributed by atoms with van der Waals surface area (Å²) in [5.41, 5.74) is 0. The second-order valence-electron chi connectivity index (χ2n) is 4.49. The quantitative estimate of drug-likeness (QED) is 0.776. The van der Waals surface area contributed by atoms with Crippen LogP contribution in [0.2, 0.25) is 0 Å². The number of aliphatic hydroxyl groups is 1. The van der Waals surface area contributed by atoms with Gasteiger partial charge in [0.2, 0.25) is 5.91 Å². The number of rotatable bonds is 3. The number of hydrogen-bond donors (Lipinski definition) is 2. The van der Waals surface area contributed by atoms with Crippen molar-refractivity contribution >= 4 is 22.9 Å². The number of carbonyl (C=O) groups is 2. The molecule has 17 heavy (non-hydrogen) atoms. The second-order valence-corrected chi connectivity index (χ2v) is 5.48. The van der Waals surface area contributed by atoms with Crippen molar-refractivity contribution in [3.05, 3.63) is 0 Å². The number of hydrogen-bond acceptors (Lipinski definition) is 4. The molecule has 2 heterocycles. The van der Waals surface area contributed by atoms with Gasteiger partial charge in [-0.2, -0.15) is 0 Å². The van der Waals surface area contributed by atoms with Crippen molar-refractivity contribution in [3.63, 3.8) is 0 Å². The fourth-order valence-corrected chi connectivity index (χ4v) is 3.23. The number of likely N-dealkylation sites (tertiary alicyclic amines) is 1. The normalized spacial score (nSPS) is 29.2. The highest BCUT2D eigenvalue weighted by Gasteiger charge is 2.35. The van der Waals surface area contributed by atoms with Crippen LogP contribution in [0.4, 0.5) is 4.79 Å². The molecule has 0 radical (unpaired) electrons. The molecule has 0 spiro atoms. The molecule has 6 heteroatoms. The van der Waals surface area contributed by atoms with Crippen molar-refractivity contribution in [2.45, 2.75) is 37.8 Å². The minimum Gasteiger partial charge on any atom is -0.396 e. The lowest BCUT2D eigenvalue weighted by Crippen LogP contribution is -2.51. The van der Waals surface area contributed by atoms with Crippen LogP contribution in [0.1, 0.15) is 25.7 Å². The predicted molar refractivity (Wildman–Crippen MR) is 65.8 cm³/mol. The van der Waals surface area contributed by atoms with Crippen molar-refractivity contribution < 1.29 is 14.7 Å². The second kappa shape index (κ2) is 5.73. The number of carbonyl (C=O) groups excluding carboxylic acids is 2. The average Bonchev–Trinajstić information content (AvgIpc) is 2.76. The molecule has 0 saturated carbocycles. The maximum atomic E-state index is 12.2. The van der Waals surface area contributed by atoms with Gasteiger partial charge >= 0.3 is 0 Å². The molecule has 0 aromatic carbocycles. The van der Waals surface area contributed by atoms with Crippen molar-refractivity contribution in [3.8, 4) is 0 Å². The van der Waals surface area contributed by atoms with E-state index in [-0.39, 0.29) is 29.8 Å². The molecule has 2 amide bonds. The van der Waals surface area contributed by atoms with Gasteiger partial charge < -0.3 is 15.3 Å². The summed E-state index contributed by atoms with van der Waals surface area (Å²) in [7, 11) is 0.